The van der Waals surface area contributed by atoms with Crippen LogP contribution < -0.4 is 5.32 Å². The van der Waals surface area contributed by atoms with Crippen molar-refractivity contribution < 1.29 is 19.1 Å². The van der Waals surface area contributed by atoms with Crippen LogP contribution in [-0.4, -0.2) is 19.2 Å². The second-order valence-corrected chi connectivity index (χ2v) is 4.55. The van der Waals surface area contributed by atoms with Crippen molar-refractivity contribution in [3.63, 3.8) is 0 Å². The summed E-state index contributed by atoms with van der Waals surface area (Å²) in [4.78, 5) is 23.6. The van der Waals surface area contributed by atoms with Crippen LogP contribution >= 0.6 is 0 Å². The van der Waals surface area contributed by atoms with Gasteiger partial charge in [-0.05, 0) is 23.8 Å². The Morgan fingerprint density at radius 3 is 2.57 bits per heavy atom. The zero-order valence-electron chi connectivity index (χ0n) is 12.4. The lowest BCUT2D eigenvalue weighted by Gasteiger charge is -2.10. The number of ether oxygens (including phenoxy) is 2. The van der Waals surface area contributed by atoms with Crippen LogP contribution in [-0.2, 0) is 16.1 Å². The van der Waals surface area contributed by atoms with E-state index in [-0.39, 0.29) is 23.4 Å². The number of carbonyl (C=O) groups excluding carboxylic acids is 2. The summed E-state index contributed by atoms with van der Waals surface area (Å²) in [6.07, 6.45) is -0.705. The van der Waals surface area contributed by atoms with E-state index in [4.69, 9.17) is 10.00 Å². The molecule has 0 heterocycles. The first-order valence-corrected chi connectivity index (χ1v) is 6.74. The molecular formula is C17H14N2O4. The minimum atomic E-state index is -0.705. The number of nitriles is 1. The minimum absolute atomic E-state index is 0.0863. The van der Waals surface area contributed by atoms with Gasteiger partial charge in [0, 0.05) is 0 Å². The van der Waals surface area contributed by atoms with Gasteiger partial charge in [0.2, 0.25) is 0 Å². The van der Waals surface area contributed by atoms with Gasteiger partial charge in [0.15, 0.2) is 0 Å². The number of anilines is 1. The molecule has 0 aliphatic rings. The van der Waals surface area contributed by atoms with E-state index in [0.29, 0.717) is 0 Å². The molecule has 6 heteroatoms. The topological polar surface area (TPSA) is 88.4 Å². The maximum absolute atomic E-state index is 11.9. The SMILES string of the molecule is COC(=O)c1cc(C#N)ccc1NC(=O)OCc1ccccc1. The number of hydrogen-bond donors (Lipinski definition) is 1. The van der Waals surface area contributed by atoms with Crippen LogP contribution in [0.1, 0.15) is 21.5 Å². The van der Waals surface area contributed by atoms with Gasteiger partial charge in [0.25, 0.3) is 0 Å². The van der Waals surface area contributed by atoms with Gasteiger partial charge < -0.3 is 9.47 Å². The van der Waals surface area contributed by atoms with E-state index in [1.165, 1.54) is 25.3 Å². The normalized spacial score (nSPS) is 9.57. The molecule has 23 heavy (non-hydrogen) atoms. The number of carbonyl (C=O) groups is 2. The first-order chi connectivity index (χ1) is 11.1. The van der Waals surface area contributed by atoms with E-state index < -0.39 is 12.1 Å². The van der Waals surface area contributed by atoms with Crippen LogP contribution in [0, 0.1) is 11.3 Å². The third-order valence-corrected chi connectivity index (χ3v) is 3.00. The first kappa shape index (κ1) is 16.0. The lowest BCUT2D eigenvalue weighted by Crippen LogP contribution is -2.16. The molecule has 0 unspecified atom stereocenters. The van der Waals surface area contributed by atoms with E-state index >= 15 is 0 Å². The summed E-state index contributed by atoms with van der Waals surface area (Å²) in [5.74, 6) is -0.652. The molecule has 2 rings (SSSR count). The van der Waals surface area contributed by atoms with E-state index in [1.807, 2.05) is 36.4 Å². The Kier molecular flexibility index (Phi) is 5.31. The summed E-state index contributed by atoms with van der Waals surface area (Å²) in [5, 5.41) is 11.4. The highest BCUT2D eigenvalue weighted by Gasteiger charge is 2.15. The Bertz CT molecular complexity index is 751. The van der Waals surface area contributed by atoms with Gasteiger partial charge in [-0.15, -0.1) is 0 Å². The highest BCUT2D eigenvalue weighted by molar-refractivity contribution is 6.00. The van der Waals surface area contributed by atoms with E-state index in [9.17, 15) is 9.59 Å². The molecule has 2 aromatic rings. The number of benzene rings is 2. The fourth-order valence-corrected chi connectivity index (χ4v) is 1.87. The highest BCUT2D eigenvalue weighted by atomic mass is 16.5. The Balaban J connectivity index is 2.08. The quantitative estimate of drug-likeness (QED) is 0.877. The van der Waals surface area contributed by atoms with E-state index in [0.717, 1.165) is 5.56 Å². The average molecular weight is 310 g/mol. The number of methoxy groups -OCH3 is 1. The van der Waals surface area contributed by atoms with Crippen LogP contribution in [0.3, 0.4) is 0 Å². The van der Waals surface area contributed by atoms with Gasteiger partial charge in [0.1, 0.15) is 6.61 Å². The fourth-order valence-electron chi connectivity index (χ4n) is 1.87. The Morgan fingerprint density at radius 1 is 1.17 bits per heavy atom. The van der Waals surface area contributed by atoms with E-state index in [1.54, 1.807) is 0 Å². The third kappa shape index (κ3) is 4.32. The van der Waals surface area contributed by atoms with Crippen molar-refractivity contribution >= 4 is 17.7 Å². The zero-order valence-corrected chi connectivity index (χ0v) is 12.4. The molecule has 6 nitrogen and oxygen atoms in total. The van der Waals surface area contributed by atoms with Gasteiger partial charge in [0.05, 0.1) is 30.0 Å². The lowest BCUT2D eigenvalue weighted by molar-refractivity contribution is 0.0602. The van der Waals surface area contributed by atoms with Gasteiger partial charge in [-0.2, -0.15) is 5.26 Å². The van der Waals surface area contributed by atoms with Crippen molar-refractivity contribution in [2.45, 2.75) is 6.61 Å². The summed E-state index contributed by atoms with van der Waals surface area (Å²) in [5.41, 5.74) is 1.43. The monoisotopic (exact) mass is 310 g/mol. The predicted molar refractivity (Wildman–Crippen MR) is 82.7 cm³/mol. The van der Waals surface area contributed by atoms with Crippen molar-refractivity contribution in [3.05, 3.63) is 65.2 Å². The van der Waals surface area contributed by atoms with Crippen molar-refractivity contribution in [2.24, 2.45) is 0 Å². The van der Waals surface area contributed by atoms with Gasteiger partial charge in [-0.3, -0.25) is 5.32 Å². The number of rotatable bonds is 4. The third-order valence-electron chi connectivity index (χ3n) is 3.00. The summed E-state index contributed by atoms with van der Waals surface area (Å²) in [7, 11) is 1.22. The Labute approximate surface area is 133 Å². The first-order valence-electron chi connectivity index (χ1n) is 6.74. The summed E-state index contributed by atoms with van der Waals surface area (Å²) in [6, 6.07) is 15.4. The maximum Gasteiger partial charge on any atom is 0.411 e. The lowest BCUT2D eigenvalue weighted by atomic mass is 10.1. The van der Waals surface area contributed by atoms with Crippen LogP contribution in [0.15, 0.2) is 48.5 Å². The summed E-state index contributed by atoms with van der Waals surface area (Å²) < 4.78 is 9.74. The Morgan fingerprint density at radius 2 is 1.91 bits per heavy atom. The highest BCUT2D eigenvalue weighted by Crippen LogP contribution is 2.19. The zero-order chi connectivity index (χ0) is 16.7. The molecule has 0 saturated heterocycles. The molecule has 0 aliphatic heterocycles. The second-order valence-electron chi connectivity index (χ2n) is 4.55. The summed E-state index contributed by atoms with van der Waals surface area (Å²) in [6.45, 7) is 0.108. The number of esters is 1. The van der Waals surface area contributed by atoms with Gasteiger partial charge >= 0.3 is 12.1 Å². The van der Waals surface area contributed by atoms with Crippen LogP contribution in [0.4, 0.5) is 10.5 Å². The molecule has 116 valence electrons. The van der Waals surface area contributed by atoms with Crippen molar-refractivity contribution in [1.82, 2.24) is 0 Å². The molecular weight excluding hydrogens is 296 g/mol. The fraction of sp³-hybridized carbons (Fsp3) is 0.118. The van der Waals surface area contributed by atoms with Gasteiger partial charge in [-0.25, -0.2) is 9.59 Å². The number of hydrogen-bond acceptors (Lipinski definition) is 5. The van der Waals surface area contributed by atoms with Crippen molar-refractivity contribution in [2.75, 3.05) is 12.4 Å². The smallest absolute Gasteiger partial charge is 0.411 e. The van der Waals surface area contributed by atoms with Crippen molar-refractivity contribution in [3.8, 4) is 6.07 Å². The number of nitrogens with one attached hydrogen (secondary N) is 1. The van der Waals surface area contributed by atoms with Crippen molar-refractivity contribution in [1.29, 1.82) is 5.26 Å². The molecule has 0 atom stereocenters. The van der Waals surface area contributed by atoms with Gasteiger partial charge in [-0.1, -0.05) is 30.3 Å². The molecule has 0 bridgehead atoms. The molecule has 1 amide bonds. The largest absolute Gasteiger partial charge is 0.465 e. The number of nitrogens with zero attached hydrogens (tertiary/aromatic N) is 1. The van der Waals surface area contributed by atoms with E-state index in [2.05, 4.69) is 10.1 Å². The molecule has 0 saturated carbocycles. The van der Waals surface area contributed by atoms with Crippen LogP contribution in [0.2, 0.25) is 0 Å². The molecule has 2 aromatic carbocycles. The van der Waals surface area contributed by atoms with Crippen LogP contribution in [0.25, 0.3) is 0 Å². The molecule has 0 spiro atoms. The molecule has 0 aliphatic carbocycles. The molecule has 0 aromatic heterocycles. The minimum Gasteiger partial charge on any atom is -0.465 e. The summed E-state index contributed by atoms with van der Waals surface area (Å²) >= 11 is 0. The average Bonchev–Trinajstić information content (AvgIpc) is 2.60. The molecule has 0 radical (unpaired) electrons. The second kappa shape index (κ2) is 7.61. The standard InChI is InChI=1S/C17H14N2O4/c1-22-16(20)14-9-13(10-18)7-8-15(14)19-17(21)23-11-12-5-3-2-4-6-12/h2-9H,11H2,1H3,(H,19,21). The Hall–Kier alpha value is -3.33. The number of amides is 1. The predicted octanol–water partition coefficient (Wildman–Crippen LogP) is 3.09. The van der Waals surface area contributed by atoms with Crippen LogP contribution in [0.5, 0.6) is 0 Å². The maximum atomic E-state index is 11.9. The molecule has 1 N–H and O–H groups in total. The molecule has 0 fully saturated rings.